The number of rotatable bonds is 5. The summed E-state index contributed by atoms with van der Waals surface area (Å²) < 4.78 is 6.75. The molecule has 0 aliphatic heterocycles. The van der Waals surface area contributed by atoms with Crippen molar-refractivity contribution in [3.05, 3.63) is 66.0 Å². The maximum Gasteiger partial charge on any atom is 0.326 e. The maximum atomic E-state index is 11.9. The summed E-state index contributed by atoms with van der Waals surface area (Å²) in [7, 11) is 0. The predicted octanol–water partition coefficient (Wildman–Crippen LogP) is 2.68. The number of fused-ring (bicyclic) bond motifs is 1. The average Bonchev–Trinajstić information content (AvgIpc) is 2.94. The number of benzene rings is 2. The lowest BCUT2D eigenvalue weighted by Gasteiger charge is -2.13. The van der Waals surface area contributed by atoms with Gasteiger partial charge in [0.2, 0.25) is 0 Å². The third-order valence-electron chi connectivity index (χ3n) is 3.64. The Morgan fingerprint density at radius 3 is 2.61 bits per heavy atom. The van der Waals surface area contributed by atoms with Crippen molar-refractivity contribution in [2.24, 2.45) is 0 Å². The number of carbonyl (C=O) groups is 1. The molecule has 0 aliphatic rings. The molecule has 1 heterocycles. The van der Waals surface area contributed by atoms with E-state index in [1.165, 1.54) is 0 Å². The standard InChI is InChI=1S/C18H18N2O3/c1-2-23-16(21)12-20-15-11-7-6-10-14(15)19-18(20)17(22)13-8-4-3-5-9-13/h3-11,17,22H,2,12H2,1H3. The van der Waals surface area contributed by atoms with Gasteiger partial charge in [0, 0.05) is 0 Å². The van der Waals surface area contributed by atoms with Gasteiger partial charge in [-0.1, -0.05) is 42.5 Å². The molecular weight excluding hydrogens is 292 g/mol. The Hall–Kier alpha value is -2.66. The van der Waals surface area contributed by atoms with Crippen molar-refractivity contribution in [3.8, 4) is 0 Å². The zero-order valence-electron chi connectivity index (χ0n) is 12.8. The highest BCUT2D eigenvalue weighted by molar-refractivity contribution is 5.79. The molecule has 0 amide bonds. The van der Waals surface area contributed by atoms with Crippen LogP contribution in [0.2, 0.25) is 0 Å². The van der Waals surface area contributed by atoms with Crippen molar-refractivity contribution in [1.82, 2.24) is 9.55 Å². The van der Waals surface area contributed by atoms with Crippen molar-refractivity contribution in [2.75, 3.05) is 6.61 Å². The largest absolute Gasteiger partial charge is 0.465 e. The number of aliphatic hydroxyl groups excluding tert-OH is 1. The maximum absolute atomic E-state index is 11.9. The van der Waals surface area contributed by atoms with E-state index in [0.717, 1.165) is 16.6 Å². The van der Waals surface area contributed by atoms with Crippen molar-refractivity contribution in [3.63, 3.8) is 0 Å². The molecule has 0 spiro atoms. The van der Waals surface area contributed by atoms with Crippen LogP contribution < -0.4 is 0 Å². The van der Waals surface area contributed by atoms with E-state index in [0.29, 0.717) is 12.4 Å². The summed E-state index contributed by atoms with van der Waals surface area (Å²) in [5.74, 6) is 0.0858. The van der Waals surface area contributed by atoms with Gasteiger partial charge in [0.25, 0.3) is 0 Å². The molecule has 1 atom stereocenters. The van der Waals surface area contributed by atoms with Crippen LogP contribution in [0.1, 0.15) is 24.4 Å². The Balaban J connectivity index is 2.06. The smallest absolute Gasteiger partial charge is 0.326 e. The predicted molar refractivity (Wildman–Crippen MR) is 86.9 cm³/mol. The van der Waals surface area contributed by atoms with Gasteiger partial charge >= 0.3 is 5.97 Å². The minimum absolute atomic E-state index is 0.0214. The molecule has 0 saturated heterocycles. The zero-order chi connectivity index (χ0) is 16.2. The summed E-state index contributed by atoms with van der Waals surface area (Å²) in [6.45, 7) is 2.11. The molecule has 0 radical (unpaired) electrons. The third-order valence-corrected chi connectivity index (χ3v) is 3.64. The number of esters is 1. The quantitative estimate of drug-likeness (QED) is 0.736. The number of aliphatic hydroxyl groups is 1. The van der Waals surface area contributed by atoms with E-state index in [2.05, 4.69) is 4.98 Å². The van der Waals surface area contributed by atoms with E-state index in [1.54, 1.807) is 11.5 Å². The molecule has 0 fully saturated rings. The molecule has 5 heteroatoms. The first kappa shape index (κ1) is 15.2. The van der Waals surface area contributed by atoms with Gasteiger partial charge in [-0.15, -0.1) is 0 Å². The fraction of sp³-hybridized carbons (Fsp3) is 0.222. The summed E-state index contributed by atoms with van der Waals surface area (Å²) in [6, 6.07) is 16.8. The van der Waals surface area contributed by atoms with Gasteiger partial charge in [0.1, 0.15) is 18.5 Å². The van der Waals surface area contributed by atoms with E-state index in [9.17, 15) is 9.90 Å². The lowest BCUT2D eigenvalue weighted by molar-refractivity contribution is -0.143. The number of para-hydroxylation sites is 2. The number of hydrogen-bond acceptors (Lipinski definition) is 4. The summed E-state index contributed by atoms with van der Waals surface area (Å²) in [4.78, 5) is 16.4. The normalized spacial score (nSPS) is 12.3. The van der Waals surface area contributed by atoms with E-state index in [1.807, 2.05) is 54.6 Å². The van der Waals surface area contributed by atoms with Gasteiger partial charge in [0.15, 0.2) is 0 Å². The van der Waals surface area contributed by atoms with Crippen molar-refractivity contribution < 1.29 is 14.6 Å². The Bertz CT molecular complexity index is 812. The lowest BCUT2D eigenvalue weighted by Crippen LogP contribution is -2.17. The SMILES string of the molecule is CCOC(=O)Cn1c(C(O)c2ccccc2)nc2ccccc21. The minimum atomic E-state index is -0.905. The van der Waals surface area contributed by atoms with E-state index < -0.39 is 6.10 Å². The van der Waals surface area contributed by atoms with Crippen LogP contribution in [0.5, 0.6) is 0 Å². The molecule has 0 saturated carbocycles. The number of carbonyl (C=O) groups excluding carboxylic acids is 1. The fourth-order valence-electron chi connectivity index (χ4n) is 2.59. The van der Waals surface area contributed by atoms with Gasteiger partial charge in [-0.25, -0.2) is 4.98 Å². The Morgan fingerprint density at radius 1 is 1.17 bits per heavy atom. The van der Waals surface area contributed by atoms with Gasteiger partial charge in [0.05, 0.1) is 17.6 Å². The van der Waals surface area contributed by atoms with Crippen molar-refractivity contribution in [1.29, 1.82) is 0 Å². The molecule has 1 N–H and O–H groups in total. The summed E-state index contributed by atoms with van der Waals surface area (Å²) in [5, 5.41) is 10.7. The molecule has 1 aromatic heterocycles. The van der Waals surface area contributed by atoms with Crippen LogP contribution >= 0.6 is 0 Å². The molecule has 23 heavy (non-hydrogen) atoms. The first-order valence-electron chi connectivity index (χ1n) is 7.54. The van der Waals surface area contributed by atoms with Gasteiger partial charge < -0.3 is 14.4 Å². The van der Waals surface area contributed by atoms with Crippen LogP contribution in [0.25, 0.3) is 11.0 Å². The van der Waals surface area contributed by atoms with Crippen LogP contribution in [0.4, 0.5) is 0 Å². The molecule has 2 aromatic carbocycles. The van der Waals surface area contributed by atoms with Crippen LogP contribution in [-0.2, 0) is 16.1 Å². The van der Waals surface area contributed by atoms with Crippen LogP contribution in [-0.4, -0.2) is 27.2 Å². The van der Waals surface area contributed by atoms with Gasteiger partial charge in [-0.2, -0.15) is 0 Å². The second-order valence-electron chi connectivity index (χ2n) is 5.16. The molecule has 0 bridgehead atoms. The van der Waals surface area contributed by atoms with E-state index in [4.69, 9.17) is 4.74 Å². The summed E-state index contributed by atoms with van der Waals surface area (Å²) >= 11 is 0. The lowest BCUT2D eigenvalue weighted by atomic mass is 10.1. The molecule has 1 unspecified atom stereocenters. The molecule has 3 rings (SSSR count). The topological polar surface area (TPSA) is 64.3 Å². The average molecular weight is 310 g/mol. The highest BCUT2D eigenvalue weighted by atomic mass is 16.5. The number of aromatic nitrogens is 2. The van der Waals surface area contributed by atoms with Crippen molar-refractivity contribution in [2.45, 2.75) is 19.6 Å². The number of nitrogens with zero attached hydrogens (tertiary/aromatic N) is 2. The van der Waals surface area contributed by atoms with Gasteiger partial charge in [-0.05, 0) is 24.6 Å². The Labute approximate surface area is 134 Å². The third kappa shape index (κ3) is 3.10. The van der Waals surface area contributed by atoms with Gasteiger partial charge in [-0.3, -0.25) is 4.79 Å². The van der Waals surface area contributed by atoms with E-state index >= 15 is 0 Å². The first-order chi connectivity index (χ1) is 11.2. The molecule has 0 aliphatic carbocycles. The minimum Gasteiger partial charge on any atom is -0.465 e. The molecular formula is C18H18N2O3. The van der Waals surface area contributed by atoms with Crippen molar-refractivity contribution >= 4 is 17.0 Å². The number of ether oxygens (including phenoxy) is 1. The fourth-order valence-corrected chi connectivity index (χ4v) is 2.59. The zero-order valence-corrected chi connectivity index (χ0v) is 12.8. The van der Waals surface area contributed by atoms with E-state index in [-0.39, 0.29) is 12.5 Å². The first-order valence-corrected chi connectivity index (χ1v) is 7.54. The Kier molecular flexibility index (Phi) is 4.39. The Morgan fingerprint density at radius 2 is 1.87 bits per heavy atom. The second kappa shape index (κ2) is 6.62. The summed E-state index contributed by atoms with van der Waals surface area (Å²) in [6.07, 6.45) is -0.905. The summed E-state index contributed by atoms with van der Waals surface area (Å²) in [5.41, 5.74) is 2.26. The number of hydrogen-bond donors (Lipinski definition) is 1. The monoisotopic (exact) mass is 310 g/mol. The number of imidazole rings is 1. The highest BCUT2D eigenvalue weighted by Crippen LogP contribution is 2.25. The molecule has 3 aromatic rings. The second-order valence-corrected chi connectivity index (χ2v) is 5.16. The van der Waals surface area contributed by atoms with Crippen LogP contribution in [0.15, 0.2) is 54.6 Å². The van der Waals surface area contributed by atoms with Crippen LogP contribution in [0.3, 0.4) is 0 Å². The van der Waals surface area contributed by atoms with Crippen LogP contribution in [0, 0.1) is 0 Å². The molecule has 5 nitrogen and oxygen atoms in total. The highest BCUT2D eigenvalue weighted by Gasteiger charge is 2.21. The molecule has 118 valence electrons.